The number of benzene rings is 1. The maximum Gasteiger partial charge on any atom is 0.228 e. The minimum Gasteiger partial charge on any atom is -0.326 e. The monoisotopic (exact) mass is 355 g/mol. The average molecular weight is 355 g/mol. The molecule has 0 radical (unpaired) electrons. The summed E-state index contributed by atoms with van der Waals surface area (Å²) in [6, 6.07) is 10.5. The van der Waals surface area contributed by atoms with E-state index in [0.717, 1.165) is 17.7 Å². The van der Waals surface area contributed by atoms with E-state index in [1.165, 1.54) is 13.3 Å². The van der Waals surface area contributed by atoms with Crippen molar-refractivity contribution in [2.75, 3.05) is 5.32 Å². The molecule has 1 N–H and O–H groups in total. The van der Waals surface area contributed by atoms with Gasteiger partial charge in [-0.05, 0) is 51.9 Å². The third kappa shape index (κ3) is 2.37. The van der Waals surface area contributed by atoms with Crippen LogP contribution in [0.5, 0.6) is 0 Å². The Morgan fingerprint density at radius 2 is 2.18 bits per heavy atom. The van der Waals surface area contributed by atoms with Gasteiger partial charge in [0, 0.05) is 17.0 Å². The smallest absolute Gasteiger partial charge is 0.228 e. The van der Waals surface area contributed by atoms with Gasteiger partial charge < -0.3 is 5.32 Å². The van der Waals surface area contributed by atoms with Gasteiger partial charge in [-0.15, -0.1) is 11.3 Å². The first kappa shape index (κ1) is 11.2. The molecular formula is C13H10INOS. The second-order valence-electron chi connectivity index (χ2n) is 4.10. The van der Waals surface area contributed by atoms with Crippen molar-refractivity contribution in [2.24, 2.45) is 0 Å². The third-order valence-corrected chi connectivity index (χ3v) is 4.70. The number of hydrogen-bond acceptors (Lipinski definition) is 2. The Hall–Kier alpha value is -0.880. The van der Waals surface area contributed by atoms with Gasteiger partial charge in [-0.3, -0.25) is 4.79 Å². The van der Waals surface area contributed by atoms with E-state index in [9.17, 15) is 4.79 Å². The van der Waals surface area contributed by atoms with Crippen molar-refractivity contribution in [3.8, 4) is 0 Å². The quantitative estimate of drug-likeness (QED) is 0.822. The van der Waals surface area contributed by atoms with E-state index in [1.807, 2.05) is 17.4 Å². The fourth-order valence-corrected chi connectivity index (χ4v) is 3.83. The standard InChI is InChI=1S/C13H10INOS/c14-12-4-2-10(17-12)6-8-1-3-11-9(5-8)7-13(16)15-11/h1-5H,6-7H2,(H,15,16). The van der Waals surface area contributed by atoms with Crippen LogP contribution in [0.15, 0.2) is 30.3 Å². The van der Waals surface area contributed by atoms with Crippen LogP contribution >= 0.6 is 33.9 Å². The molecule has 0 bridgehead atoms. The van der Waals surface area contributed by atoms with Crippen LogP contribution in [0.1, 0.15) is 16.0 Å². The van der Waals surface area contributed by atoms with Crippen molar-refractivity contribution in [3.63, 3.8) is 0 Å². The number of halogens is 1. The molecule has 1 aliphatic rings. The predicted octanol–water partition coefficient (Wildman–Crippen LogP) is 3.44. The molecule has 17 heavy (non-hydrogen) atoms. The lowest BCUT2D eigenvalue weighted by molar-refractivity contribution is -0.115. The van der Waals surface area contributed by atoms with Crippen molar-refractivity contribution in [1.29, 1.82) is 0 Å². The molecule has 0 spiro atoms. The molecule has 1 aliphatic heterocycles. The molecule has 0 saturated carbocycles. The summed E-state index contributed by atoms with van der Waals surface area (Å²) in [7, 11) is 0. The number of nitrogens with one attached hydrogen (secondary N) is 1. The highest BCUT2D eigenvalue weighted by Gasteiger charge is 2.17. The molecule has 1 aromatic carbocycles. The Bertz CT molecular complexity index is 591. The Morgan fingerprint density at radius 3 is 2.94 bits per heavy atom. The molecule has 4 heteroatoms. The first-order valence-electron chi connectivity index (χ1n) is 5.36. The Kier molecular flexibility index (Phi) is 2.92. The summed E-state index contributed by atoms with van der Waals surface area (Å²) in [4.78, 5) is 12.6. The van der Waals surface area contributed by atoms with Gasteiger partial charge in [0.2, 0.25) is 5.91 Å². The molecule has 1 aromatic heterocycles. The largest absolute Gasteiger partial charge is 0.326 e. The van der Waals surface area contributed by atoms with Crippen LogP contribution in [0.25, 0.3) is 0 Å². The van der Waals surface area contributed by atoms with Crippen LogP contribution in [0.4, 0.5) is 5.69 Å². The number of anilines is 1. The van der Waals surface area contributed by atoms with Gasteiger partial charge in [-0.25, -0.2) is 0 Å². The van der Waals surface area contributed by atoms with E-state index >= 15 is 0 Å². The molecule has 0 fully saturated rings. The summed E-state index contributed by atoms with van der Waals surface area (Å²) in [5, 5.41) is 2.86. The number of rotatable bonds is 2. The first-order chi connectivity index (χ1) is 8.20. The predicted molar refractivity (Wildman–Crippen MR) is 78.6 cm³/mol. The number of thiophene rings is 1. The second-order valence-corrected chi connectivity index (χ2v) is 7.16. The van der Waals surface area contributed by atoms with Crippen molar-refractivity contribution in [2.45, 2.75) is 12.8 Å². The SMILES string of the molecule is O=C1Cc2cc(Cc3ccc(I)s3)ccc2N1. The third-order valence-electron chi connectivity index (χ3n) is 2.80. The van der Waals surface area contributed by atoms with Crippen molar-refractivity contribution >= 4 is 45.5 Å². The van der Waals surface area contributed by atoms with Crippen LogP contribution in [0.3, 0.4) is 0 Å². The Labute approximate surface area is 117 Å². The molecule has 2 aromatic rings. The van der Waals surface area contributed by atoms with Crippen molar-refractivity contribution in [3.05, 3.63) is 49.2 Å². The molecule has 3 rings (SSSR count). The normalized spacial score (nSPS) is 13.6. The van der Waals surface area contributed by atoms with E-state index in [4.69, 9.17) is 0 Å². The Balaban J connectivity index is 1.86. The number of amides is 1. The maximum absolute atomic E-state index is 11.3. The van der Waals surface area contributed by atoms with Gasteiger partial charge in [-0.2, -0.15) is 0 Å². The zero-order chi connectivity index (χ0) is 11.8. The molecular weight excluding hydrogens is 345 g/mol. The number of fused-ring (bicyclic) bond motifs is 1. The summed E-state index contributed by atoms with van der Waals surface area (Å²) in [5.41, 5.74) is 3.37. The van der Waals surface area contributed by atoms with Gasteiger partial charge in [0.15, 0.2) is 0 Å². The van der Waals surface area contributed by atoms with E-state index in [-0.39, 0.29) is 5.91 Å². The van der Waals surface area contributed by atoms with Gasteiger partial charge >= 0.3 is 0 Å². The highest BCUT2D eigenvalue weighted by Crippen LogP contribution is 2.26. The topological polar surface area (TPSA) is 29.1 Å². The zero-order valence-electron chi connectivity index (χ0n) is 9.00. The molecule has 2 nitrogen and oxygen atoms in total. The summed E-state index contributed by atoms with van der Waals surface area (Å²) < 4.78 is 1.32. The number of carbonyl (C=O) groups is 1. The lowest BCUT2D eigenvalue weighted by atomic mass is 10.1. The fourth-order valence-electron chi connectivity index (χ4n) is 2.04. The van der Waals surface area contributed by atoms with E-state index in [2.05, 4.69) is 52.2 Å². The maximum atomic E-state index is 11.3. The van der Waals surface area contributed by atoms with Gasteiger partial charge in [0.25, 0.3) is 0 Å². The number of carbonyl (C=O) groups excluding carboxylic acids is 1. The lowest BCUT2D eigenvalue weighted by Crippen LogP contribution is -2.03. The van der Waals surface area contributed by atoms with Crippen LogP contribution in [0.2, 0.25) is 0 Å². The Morgan fingerprint density at radius 1 is 1.29 bits per heavy atom. The highest BCUT2D eigenvalue weighted by atomic mass is 127. The highest BCUT2D eigenvalue weighted by molar-refractivity contribution is 14.1. The second kappa shape index (κ2) is 4.42. The van der Waals surface area contributed by atoms with Crippen LogP contribution in [-0.4, -0.2) is 5.91 Å². The minimum absolute atomic E-state index is 0.0998. The molecule has 86 valence electrons. The molecule has 2 heterocycles. The summed E-state index contributed by atoms with van der Waals surface area (Å²) in [5.74, 6) is 0.0998. The summed E-state index contributed by atoms with van der Waals surface area (Å²) >= 11 is 4.16. The molecule has 1 amide bonds. The van der Waals surface area contributed by atoms with Gasteiger partial charge in [0.05, 0.1) is 9.30 Å². The van der Waals surface area contributed by atoms with Crippen LogP contribution in [0, 0.1) is 2.88 Å². The van der Waals surface area contributed by atoms with E-state index in [1.54, 1.807) is 0 Å². The first-order valence-corrected chi connectivity index (χ1v) is 7.26. The summed E-state index contributed by atoms with van der Waals surface area (Å²) in [6.45, 7) is 0. The molecule has 0 unspecified atom stereocenters. The van der Waals surface area contributed by atoms with Crippen LogP contribution < -0.4 is 5.32 Å². The van der Waals surface area contributed by atoms with Gasteiger partial charge in [-0.1, -0.05) is 12.1 Å². The average Bonchev–Trinajstić information content (AvgIpc) is 2.83. The zero-order valence-corrected chi connectivity index (χ0v) is 12.0. The molecule has 0 saturated heterocycles. The minimum atomic E-state index is 0.0998. The fraction of sp³-hybridized carbons (Fsp3) is 0.154. The van der Waals surface area contributed by atoms with Crippen LogP contribution in [-0.2, 0) is 17.6 Å². The molecule has 0 aliphatic carbocycles. The van der Waals surface area contributed by atoms with Crippen molar-refractivity contribution in [1.82, 2.24) is 0 Å². The lowest BCUT2D eigenvalue weighted by Gasteiger charge is -2.02. The van der Waals surface area contributed by atoms with E-state index < -0.39 is 0 Å². The molecule has 0 atom stereocenters. The van der Waals surface area contributed by atoms with Gasteiger partial charge in [0.1, 0.15) is 0 Å². The summed E-state index contributed by atoms with van der Waals surface area (Å²) in [6.07, 6.45) is 1.47. The van der Waals surface area contributed by atoms with Crippen molar-refractivity contribution < 1.29 is 4.79 Å². The number of hydrogen-bond donors (Lipinski definition) is 1. The van der Waals surface area contributed by atoms with E-state index in [0.29, 0.717) is 6.42 Å².